The first kappa shape index (κ1) is 37.7. The van der Waals surface area contributed by atoms with E-state index in [9.17, 15) is 10.5 Å². The molecule has 0 aliphatic carbocycles. The van der Waals surface area contributed by atoms with E-state index in [1.54, 1.807) is 0 Å². The molecule has 4 aromatic heterocycles. The second-order valence-electron chi connectivity index (χ2n) is 17.5. The summed E-state index contributed by atoms with van der Waals surface area (Å²) in [4.78, 5) is 0. The van der Waals surface area contributed by atoms with Gasteiger partial charge in [-0.2, -0.15) is 10.5 Å². The van der Waals surface area contributed by atoms with Gasteiger partial charge in [-0.15, -0.1) is 0 Å². The topological polar surface area (TPSA) is 67.3 Å². The minimum absolute atomic E-state index is 0.509. The van der Waals surface area contributed by atoms with Crippen LogP contribution < -0.4 is 0 Å². The Kier molecular flexibility index (Phi) is 8.01. The van der Waals surface area contributed by atoms with Crippen molar-refractivity contribution in [2.75, 3.05) is 0 Å². The third-order valence-electron chi connectivity index (χ3n) is 14.0. The third-order valence-corrected chi connectivity index (χ3v) is 14.0. The van der Waals surface area contributed by atoms with Gasteiger partial charge in [0.1, 0.15) is 0 Å². The molecular formula is C62H36N6. The Hall–Kier alpha value is -9.62. The lowest BCUT2D eigenvalue weighted by atomic mass is 9.96. The van der Waals surface area contributed by atoms with Crippen molar-refractivity contribution in [3.05, 3.63) is 230 Å². The predicted molar refractivity (Wildman–Crippen MR) is 279 cm³/mol. The van der Waals surface area contributed by atoms with Crippen LogP contribution in [0.2, 0.25) is 0 Å². The molecule has 0 atom stereocenters. The Balaban J connectivity index is 1.22. The van der Waals surface area contributed by atoms with Crippen LogP contribution in [-0.2, 0) is 0 Å². The van der Waals surface area contributed by atoms with Crippen LogP contribution in [0.25, 0.3) is 121 Å². The van der Waals surface area contributed by atoms with E-state index in [1.165, 1.54) is 0 Å². The number of benzene rings is 10. The van der Waals surface area contributed by atoms with Gasteiger partial charge in [0.25, 0.3) is 0 Å². The molecule has 0 fully saturated rings. The number of nitrogens with zero attached hydrogens (tertiary/aromatic N) is 6. The van der Waals surface area contributed by atoms with E-state index in [4.69, 9.17) is 0 Å². The van der Waals surface area contributed by atoms with E-state index in [0.717, 1.165) is 121 Å². The van der Waals surface area contributed by atoms with Crippen LogP contribution in [0.15, 0.2) is 218 Å². The zero-order chi connectivity index (χ0) is 45.0. The first-order valence-electron chi connectivity index (χ1n) is 22.8. The molecule has 0 unspecified atom stereocenters. The minimum Gasteiger partial charge on any atom is -0.309 e. The maximum Gasteiger partial charge on any atom is 0.0998 e. The summed E-state index contributed by atoms with van der Waals surface area (Å²) in [7, 11) is 0. The number of hydrogen-bond donors (Lipinski definition) is 0. The number of rotatable bonds is 5. The molecule has 14 aromatic rings. The standard InChI is InChI=1S/C62H36N6/c63-37-39-16-15-17-40(34-39)50-36-58(68-52-27-12-8-23-45(52)47-31-33-56-60(62(47)68)49-25-10-14-29-54(49)66(56)43-20-5-2-6-21-43)57(35-41(50)38-64)67-51-26-11-7-22-44(51)46-30-32-55-59(61(46)67)48-24-9-13-28-53(48)65(55)42-18-3-1-4-19-42/h1-36H. The first-order valence-corrected chi connectivity index (χ1v) is 22.8. The first-order chi connectivity index (χ1) is 33.7. The highest BCUT2D eigenvalue weighted by Gasteiger charge is 2.27. The van der Waals surface area contributed by atoms with E-state index in [-0.39, 0.29) is 0 Å². The smallest absolute Gasteiger partial charge is 0.0998 e. The maximum atomic E-state index is 11.3. The van der Waals surface area contributed by atoms with Crippen molar-refractivity contribution in [1.29, 1.82) is 10.5 Å². The number of nitriles is 2. The van der Waals surface area contributed by atoms with Gasteiger partial charge in [0.2, 0.25) is 0 Å². The van der Waals surface area contributed by atoms with Crippen LogP contribution in [0.1, 0.15) is 11.1 Å². The number of para-hydroxylation sites is 6. The Labute approximate surface area is 389 Å². The van der Waals surface area contributed by atoms with Crippen molar-refractivity contribution < 1.29 is 0 Å². The number of fused-ring (bicyclic) bond motifs is 14. The molecule has 4 heterocycles. The highest BCUT2D eigenvalue weighted by atomic mass is 15.1. The molecule has 314 valence electrons. The van der Waals surface area contributed by atoms with Crippen LogP contribution in [0, 0.1) is 22.7 Å². The zero-order valence-electron chi connectivity index (χ0n) is 36.5. The summed E-state index contributed by atoms with van der Waals surface area (Å²) in [6.45, 7) is 0. The van der Waals surface area contributed by atoms with Crippen molar-refractivity contribution in [1.82, 2.24) is 18.3 Å². The van der Waals surface area contributed by atoms with Crippen molar-refractivity contribution in [3.63, 3.8) is 0 Å². The molecule has 6 nitrogen and oxygen atoms in total. The summed E-state index contributed by atoms with van der Waals surface area (Å²) >= 11 is 0. The molecule has 0 spiro atoms. The monoisotopic (exact) mass is 864 g/mol. The molecule has 0 saturated heterocycles. The van der Waals surface area contributed by atoms with Crippen molar-refractivity contribution in [3.8, 4) is 46.0 Å². The van der Waals surface area contributed by atoms with Gasteiger partial charge in [-0.25, -0.2) is 0 Å². The number of hydrogen-bond acceptors (Lipinski definition) is 2. The van der Waals surface area contributed by atoms with E-state index in [0.29, 0.717) is 11.1 Å². The van der Waals surface area contributed by atoms with Gasteiger partial charge in [0, 0.05) is 60.0 Å². The summed E-state index contributed by atoms with van der Waals surface area (Å²) < 4.78 is 9.59. The van der Waals surface area contributed by atoms with Gasteiger partial charge in [-0.1, -0.05) is 133 Å². The quantitative estimate of drug-likeness (QED) is 0.173. The summed E-state index contributed by atoms with van der Waals surface area (Å²) in [6, 6.07) is 81.8. The molecule has 0 aliphatic rings. The lowest BCUT2D eigenvalue weighted by Gasteiger charge is -2.20. The maximum absolute atomic E-state index is 11.3. The summed E-state index contributed by atoms with van der Waals surface area (Å²) in [5.41, 5.74) is 15.2. The average Bonchev–Trinajstić information content (AvgIpc) is 4.14. The fourth-order valence-corrected chi connectivity index (χ4v) is 11.3. The largest absolute Gasteiger partial charge is 0.309 e. The number of aromatic nitrogens is 4. The molecule has 0 radical (unpaired) electrons. The Morgan fingerprint density at radius 1 is 0.309 bits per heavy atom. The third kappa shape index (κ3) is 5.20. The normalized spacial score (nSPS) is 11.8. The molecule has 10 aromatic carbocycles. The minimum atomic E-state index is 0.509. The van der Waals surface area contributed by atoms with Gasteiger partial charge < -0.3 is 18.3 Å². The molecule has 0 aliphatic heterocycles. The van der Waals surface area contributed by atoms with Crippen LogP contribution in [0.3, 0.4) is 0 Å². The lowest BCUT2D eigenvalue weighted by Crippen LogP contribution is -2.06. The van der Waals surface area contributed by atoms with Gasteiger partial charge in [0.05, 0.1) is 78.8 Å². The lowest BCUT2D eigenvalue weighted by molar-refractivity contribution is 1.10. The highest BCUT2D eigenvalue weighted by Crippen LogP contribution is 2.47. The molecule has 0 N–H and O–H groups in total. The molecule has 6 heteroatoms. The van der Waals surface area contributed by atoms with Gasteiger partial charge in [0.15, 0.2) is 0 Å². The SMILES string of the molecule is N#Cc1cccc(-c2cc(-n3c4ccccc4c4ccc5c(c6ccccc6n5-c5ccccc5)c43)c(-n3c4ccccc4c4ccc5c(c6ccccc6n5-c5ccccc5)c43)cc2C#N)c1. The van der Waals surface area contributed by atoms with Crippen LogP contribution in [0.4, 0.5) is 0 Å². The van der Waals surface area contributed by atoms with Crippen molar-refractivity contribution in [2.24, 2.45) is 0 Å². The van der Waals surface area contributed by atoms with Crippen molar-refractivity contribution in [2.45, 2.75) is 0 Å². The van der Waals surface area contributed by atoms with Crippen LogP contribution >= 0.6 is 0 Å². The van der Waals surface area contributed by atoms with Crippen LogP contribution in [0.5, 0.6) is 0 Å². The van der Waals surface area contributed by atoms with Gasteiger partial charge in [-0.3, -0.25) is 0 Å². The van der Waals surface area contributed by atoms with E-state index >= 15 is 0 Å². The molecular weight excluding hydrogens is 829 g/mol. The van der Waals surface area contributed by atoms with Gasteiger partial charge >= 0.3 is 0 Å². The molecule has 68 heavy (non-hydrogen) atoms. The highest BCUT2D eigenvalue weighted by molar-refractivity contribution is 6.28. The summed E-state index contributed by atoms with van der Waals surface area (Å²) in [6.07, 6.45) is 0. The zero-order valence-corrected chi connectivity index (χ0v) is 36.5. The fourth-order valence-electron chi connectivity index (χ4n) is 11.3. The van der Waals surface area contributed by atoms with E-state index in [2.05, 4.69) is 225 Å². The summed E-state index contributed by atoms with van der Waals surface area (Å²) in [5.74, 6) is 0. The van der Waals surface area contributed by atoms with E-state index < -0.39 is 0 Å². The van der Waals surface area contributed by atoms with Crippen molar-refractivity contribution >= 4 is 87.2 Å². The molecule has 0 bridgehead atoms. The second kappa shape index (κ2) is 14.4. The van der Waals surface area contributed by atoms with Crippen LogP contribution in [-0.4, -0.2) is 18.3 Å². The Morgan fingerprint density at radius 3 is 1.24 bits per heavy atom. The predicted octanol–water partition coefficient (Wildman–Crippen LogP) is 15.5. The van der Waals surface area contributed by atoms with E-state index in [1.807, 2.05) is 24.3 Å². The second-order valence-corrected chi connectivity index (χ2v) is 17.5. The molecule has 14 rings (SSSR count). The summed E-state index contributed by atoms with van der Waals surface area (Å²) in [5, 5.41) is 30.5. The Morgan fingerprint density at radius 2 is 0.750 bits per heavy atom. The fraction of sp³-hybridized carbons (Fsp3) is 0. The molecule has 0 amide bonds. The molecule has 0 saturated carbocycles. The Bertz CT molecular complexity index is 4510. The van der Waals surface area contributed by atoms with Gasteiger partial charge in [-0.05, 0) is 90.5 Å². The average molecular weight is 865 g/mol.